The fourth-order valence-corrected chi connectivity index (χ4v) is 5.80. The summed E-state index contributed by atoms with van der Waals surface area (Å²) in [6, 6.07) is 8.22. The van der Waals surface area contributed by atoms with Gasteiger partial charge in [0, 0.05) is 12.3 Å². The average molecular weight is 584 g/mol. The van der Waals surface area contributed by atoms with E-state index in [0.29, 0.717) is 12.3 Å². The SMILES string of the molecule is CC(C)CC(C)OC(=O)[C@H](C)N[P@@](=O)(OC[C@H]1OC(Cn2ccc(=O)[nH]c2=O)[C@](C)(O)[C@@H]1O)Oc1ccccc1. The van der Waals surface area contributed by atoms with Crippen molar-refractivity contribution in [3.8, 4) is 5.75 Å². The number of nitrogens with zero attached hydrogens (tertiary/aromatic N) is 1. The van der Waals surface area contributed by atoms with Crippen LogP contribution in [-0.2, 0) is 29.9 Å². The van der Waals surface area contributed by atoms with Crippen LogP contribution in [0.1, 0.15) is 41.0 Å². The Hall–Kier alpha value is -2.80. The first-order valence-electron chi connectivity index (χ1n) is 13.0. The van der Waals surface area contributed by atoms with E-state index in [1.54, 1.807) is 37.3 Å². The molecule has 1 aliphatic heterocycles. The predicted octanol–water partition coefficient (Wildman–Crippen LogP) is 1.58. The lowest BCUT2D eigenvalue weighted by atomic mass is 9.93. The van der Waals surface area contributed by atoms with Gasteiger partial charge >= 0.3 is 19.4 Å². The number of carbonyl (C=O) groups is 1. The minimum Gasteiger partial charge on any atom is -0.461 e. The highest BCUT2D eigenvalue weighted by molar-refractivity contribution is 7.52. The average Bonchev–Trinajstić information content (AvgIpc) is 3.07. The fourth-order valence-electron chi connectivity index (χ4n) is 4.30. The summed E-state index contributed by atoms with van der Waals surface area (Å²) in [7, 11) is -4.26. The number of hydrogen-bond donors (Lipinski definition) is 4. The van der Waals surface area contributed by atoms with Gasteiger partial charge in [-0.25, -0.2) is 9.36 Å². The van der Waals surface area contributed by atoms with Crippen LogP contribution in [0.15, 0.2) is 52.2 Å². The van der Waals surface area contributed by atoms with Crippen molar-refractivity contribution in [2.45, 2.75) is 83.6 Å². The summed E-state index contributed by atoms with van der Waals surface area (Å²) in [5, 5.41) is 24.3. The predicted molar refractivity (Wildman–Crippen MR) is 145 cm³/mol. The highest BCUT2D eigenvalue weighted by Crippen LogP contribution is 2.46. The van der Waals surface area contributed by atoms with Gasteiger partial charge in [-0.05, 0) is 45.2 Å². The van der Waals surface area contributed by atoms with E-state index in [9.17, 15) is 29.2 Å². The number of aliphatic hydroxyl groups is 2. The second kappa shape index (κ2) is 13.2. The van der Waals surface area contributed by atoms with E-state index in [1.807, 2.05) is 13.8 Å². The molecule has 2 unspecified atom stereocenters. The van der Waals surface area contributed by atoms with Crippen LogP contribution in [-0.4, -0.2) is 68.4 Å². The van der Waals surface area contributed by atoms with Crippen molar-refractivity contribution < 1.29 is 38.1 Å². The molecule has 0 aliphatic carbocycles. The Morgan fingerprint density at radius 1 is 1.20 bits per heavy atom. The van der Waals surface area contributed by atoms with E-state index in [-0.39, 0.29) is 18.4 Å². The van der Waals surface area contributed by atoms with Crippen molar-refractivity contribution in [2.24, 2.45) is 5.92 Å². The second-order valence-electron chi connectivity index (χ2n) is 10.5. The quantitative estimate of drug-likeness (QED) is 0.199. The van der Waals surface area contributed by atoms with E-state index in [1.165, 1.54) is 20.0 Å². The maximum Gasteiger partial charge on any atom is 0.459 e. The molecule has 2 aromatic rings. The zero-order chi connectivity index (χ0) is 29.7. The van der Waals surface area contributed by atoms with Crippen LogP contribution in [0.2, 0.25) is 0 Å². The molecule has 14 heteroatoms. The Morgan fingerprint density at radius 2 is 1.88 bits per heavy atom. The van der Waals surface area contributed by atoms with Crippen molar-refractivity contribution in [3.05, 3.63) is 63.4 Å². The van der Waals surface area contributed by atoms with E-state index >= 15 is 0 Å². The number of carbonyl (C=O) groups excluding carboxylic acids is 1. The molecule has 1 saturated heterocycles. The Balaban J connectivity index is 1.73. The third-order valence-corrected chi connectivity index (χ3v) is 8.05. The van der Waals surface area contributed by atoms with Crippen LogP contribution in [0, 0.1) is 5.92 Å². The van der Waals surface area contributed by atoms with Gasteiger partial charge in [0.25, 0.3) is 5.56 Å². The molecular formula is C26H38N3O10P. The maximum absolute atomic E-state index is 13.8. The third-order valence-electron chi connectivity index (χ3n) is 6.40. The number of aromatic nitrogens is 2. The molecule has 2 heterocycles. The van der Waals surface area contributed by atoms with Gasteiger partial charge in [-0.2, -0.15) is 5.09 Å². The zero-order valence-corrected chi connectivity index (χ0v) is 24.1. The van der Waals surface area contributed by atoms with Gasteiger partial charge < -0.3 is 24.2 Å². The molecule has 0 bridgehead atoms. The van der Waals surface area contributed by atoms with Gasteiger partial charge in [-0.15, -0.1) is 0 Å². The summed E-state index contributed by atoms with van der Waals surface area (Å²) in [6.07, 6.45) is -2.23. The fraction of sp³-hybridized carbons (Fsp3) is 0.577. The van der Waals surface area contributed by atoms with Crippen molar-refractivity contribution >= 4 is 13.7 Å². The Kier molecular flexibility index (Phi) is 10.5. The molecule has 1 fully saturated rings. The number of esters is 1. The Bertz CT molecular complexity index is 1300. The van der Waals surface area contributed by atoms with Gasteiger partial charge in [0.05, 0.1) is 19.3 Å². The molecule has 222 valence electrons. The van der Waals surface area contributed by atoms with Crippen molar-refractivity contribution in [1.29, 1.82) is 0 Å². The van der Waals surface area contributed by atoms with Crippen LogP contribution in [0.4, 0.5) is 0 Å². The number of hydrogen-bond acceptors (Lipinski definition) is 10. The van der Waals surface area contributed by atoms with Crippen LogP contribution in [0.3, 0.4) is 0 Å². The summed E-state index contributed by atoms with van der Waals surface area (Å²) in [5.74, 6) is -0.147. The number of para-hydroxylation sites is 1. The molecule has 4 N–H and O–H groups in total. The monoisotopic (exact) mass is 583 g/mol. The molecule has 0 amide bonds. The molecule has 1 aromatic heterocycles. The molecule has 0 radical (unpaired) electrons. The molecule has 1 aliphatic rings. The minimum absolute atomic E-state index is 0.190. The normalized spacial score (nSPS) is 25.8. The van der Waals surface area contributed by atoms with Gasteiger partial charge in [0.2, 0.25) is 0 Å². The van der Waals surface area contributed by atoms with Crippen molar-refractivity contribution in [1.82, 2.24) is 14.6 Å². The van der Waals surface area contributed by atoms with Crippen LogP contribution in [0.25, 0.3) is 0 Å². The Morgan fingerprint density at radius 3 is 2.50 bits per heavy atom. The number of ether oxygens (including phenoxy) is 2. The lowest BCUT2D eigenvalue weighted by Crippen LogP contribution is -2.48. The molecule has 0 saturated carbocycles. The van der Waals surface area contributed by atoms with Gasteiger partial charge in [0.15, 0.2) is 0 Å². The standard InChI is InChI=1S/C26H38N3O10P/c1-16(2)13-17(3)37-24(32)18(4)28-40(35,39-19-9-7-6-8-10-19)36-15-20-23(31)26(5,34)21(38-20)14-29-12-11-22(30)27-25(29)33/h6-12,16-18,20-21,23,31,34H,13-15H2,1-5H3,(H,28,35)(H,27,30,33)/t17?,18-,20+,21?,23+,26-,40+/m0/s1. The third kappa shape index (κ3) is 8.35. The number of nitrogens with one attached hydrogen (secondary N) is 2. The number of aliphatic hydroxyl groups excluding tert-OH is 1. The molecule has 13 nitrogen and oxygen atoms in total. The van der Waals surface area contributed by atoms with E-state index in [2.05, 4.69) is 10.1 Å². The van der Waals surface area contributed by atoms with E-state index in [0.717, 1.165) is 10.6 Å². The molecule has 7 atom stereocenters. The summed E-state index contributed by atoms with van der Waals surface area (Å²) in [4.78, 5) is 38.2. The summed E-state index contributed by atoms with van der Waals surface area (Å²) >= 11 is 0. The molecule has 40 heavy (non-hydrogen) atoms. The summed E-state index contributed by atoms with van der Waals surface area (Å²) in [6.45, 7) is 7.86. The van der Waals surface area contributed by atoms with E-state index < -0.39 is 61.5 Å². The first kappa shape index (κ1) is 31.7. The van der Waals surface area contributed by atoms with Crippen molar-refractivity contribution in [2.75, 3.05) is 6.61 Å². The summed E-state index contributed by atoms with van der Waals surface area (Å²) < 4.78 is 37.4. The highest BCUT2D eigenvalue weighted by Gasteiger charge is 2.52. The first-order valence-corrected chi connectivity index (χ1v) is 14.6. The second-order valence-corrected chi connectivity index (χ2v) is 12.2. The number of H-pyrrole nitrogens is 1. The van der Waals surface area contributed by atoms with Crippen LogP contribution in [0.5, 0.6) is 5.75 Å². The lowest BCUT2D eigenvalue weighted by Gasteiger charge is -2.27. The molecular weight excluding hydrogens is 545 g/mol. The summed E-state index contributed by atoms with van der Waals surface area (Å²) in [5.41, 5.74) is -3.12. The molecule has 3 rings (SSSR count). The van der Waals surface area contributed by atoms with Crippen LogP contribution >= 0.6 is 7.75 Å². The topological polar surface area (TPSA) is 178 Å². The van der Waals surface area contributed by atoms with Gasteiger partial charge in [-0.1, -0.05) is 32.0 Å². The molecule has 0 spiro atoms. The Labute approximate surface area is 232 Å². The highest BCUT2D eigenvalue weighted by atomic mass is 31.2. The zero-order valence-electron chi connectivity index (χ0n) is 23.2. The van der Waals surface area contributed by atoms with E-state index in [4.69, 9.17) is 18.5 Å². The van der Waals surface area contributed by atoms with Gasteiger partial charge in [-0.3, -0.25) is 23.7 Å². The largest absolute Gasteiger partial charge is 0.461 e. The number of rotatable bonds is 13. The molecule has 1 aromatic carbocycles. The van der Waals surface area contributed by atoms with Crippen molar-refractivity contribution in [3.63, 3.8) is 0 Å². The smallest absolute Gasteiger partial charge is 0.459 e. The minimum atomic E-state index is -4.26. The first-order chi connectivity index (χ1) is 18.7. The lowest BCUT2D eigenvalue weighted by molar-refractivity contribution is -0.150. The van der Waals surface area contributed by atoms with Gasteiger partial charge in [0.1, 0.15) is 35.7 Å². The number of benzene rings is 1. The van der Waals surface area contributed by atoms with Crippen LogP contribution < -0.4 is 20.9 Å². The maximum atomic E-state index is 13.8. The number of aromatic amines is 1.